The van der Waals surface area contributed by atoms with E-state index in [1.165, 1.54) is 4.72 Å². The third kappa shape index (κ3) is 1.52. The van der Waals surface area contributed by atoms with Crippen LogP contribution in [0.3, 0.4) is 0 Å². The van der Waals surface area contributed by atoms with Gasteiger partial charge in [-0.25, -0.2) is 13.1 Å². The van der Waals surface area contributed by atoms with Gasteiger partial charge in [-0.2, -0.15) is 17.6 Å². The summed E-state index contributed by atoms with van der Waals surface area (Å²) >= 11 is 0. The lowest BCUT2D eigenvalue weighted by atomic mass is 10.2. The highest BCUT2D eigenvalue weighted by Gasteiger charge is 2.65. The van der Waals surface area contributed by atoms with Crippen LogP contribution in [0.4, 0.5) is 17.6 Å². The molecule has 1 aliphatic heterocycles. The fraction of sp³-hybridized carbons (Fsp3) is 1.00. The molecule has 0 unspecified atom stereocenters. The Kier molecular flexibility index (Phi) is 2.31. The van der Waals surface area contributed by atoms with E-state index in [9.17, 15) is 26.0 Å². The van der Waals surface area contributed by atoms with Crippen molar-refractivity contribution in [2.75, 3.05) is 6.54 Å². The van der Waals surface area contributed by atoms with Crippen LogP contribution in [0.5, 0.6) is 0 Å². The largest absolute Gasteiger partial charge is 0.420 e. The average Bonchev–Trinajstić information content (AvgIpc) is 2.01. The summed E-state index contributed by atoms with van der Waals surface area (Å²) in [6, 6.07) is 0. The van der Waals surface area contributed by atoms with E-state index in [-0.39, 0.29) is 13.0 Å². The van der Waals surface area contributed by atoms with Gasteiger partial charge in [-0.05, 0) is 6.42 Å². The lowest BCUT2D eigenvalue weighted by Gasteiger charge is -2.22. The maximum absolute atomic E-state index is 12.6. The molecule has 0 aromatic carbocycles. The predicted molar refractivity (Wildman–Crippen MR) is 36.1 cm³/mol. The van der Waals surface area contributed by atoms with E-state index in [0.717, 1.165) is 0 Å². The van der Waals surface area contributed by atoms with Crippen molar-refractivity contribution in [1.29, 1.82) is 0 Å². The number of hydrogen-bond donors (Lipinski definition) is 1. The zero-order valence-corrected chi connectivity index (χ0v) is 7.17. The molecule has 78 valence electrons. The highest BCUT2D eigenvalue weighted by atomic mass is 32.2. The molecule has 1 aliphatic rings. The molecule has 1 fully saturated rings. The molecule has 1 saturated heterocycles. The summed E-state index contributed by atoms with van der Waals surface area (Å²) < 4.78 is 73.0. The van der Waals surface area contributed by atoms with E-state index < -0.39 is 27.6 Å². The quantitative estimate of drug-likeness (QED) is 0.618. The van der Waals surface area contributed by atoms with Crippen LogP contribution in [-0.4, -0.2) is 26.1 Å². The molecular weight excluding hydrogens is 214 g/mol. The Morgan fingerprint density at radius 3 is 2.23 bits per heavy atom. The van der Waals surface area contributed by atoms with Gasteiger partial charge >= 0.3 is 11.2 Å². The Morgan fingerprint density at radius 1 is 1.15 bits per heavy atom. The van der Waals surface area contributed by atoms with Crippen LogP contribution in [-0.2, 0) is 10.0 Å². The Balaban J connectivity index is 3.19. The Labute approximate surface area is 72.2 Å². The summed E-state index contributed by atoms with van der Waals surface area (Å²) in [6.45, 7) is -0.381. The van der Waals surface area contributed by atoms with Gasteiger partial charge in [0.2, 0.25) is 0 Å². The van der Waals surface area contributed by atoms with E-state index in [2.05, 4.69) is 0 Å². The summed E-state index contributed by atoms with van der Waals surface area (Å²) in [6.07, 6.45) is -1.44. The maximum Gasteiger partial charge on any atom is 0.420 e. The molecule has 0 aromatic heterocycles. The molecule has 0 aliphatic carbocycles. The molecule has 0 radical (unpaired) electrons. The molecule has 1 heterocycles. The fourth-order valence-electron chi connectivity index (χ4n) is 0.950. The standard InChI is InChI=1S/C5H7F4NO2S/c6-4(7)2-1-3-10-13(11,12)5(4,8)9/h10H,1-3H2. The Morgan fingerprint density at radius 2 is 1.69 bits per heavy atom. The minimum atomic E-state index is -5.24. The lowest BCUT2D eigenvalue weighted by Crippen LogP contribution is -2.49. The van der Waals surface area contributed by atoms with Crippen LogP contribution in [0.15, 0.2) is 0 Å². The van der Waals surface area contributed by atoms with Gasteiger partial charge in [0.15, 0.2) is 0 Å². The van der Waals surface area contributed by atoms with Crippen LogP contribution < -0.4 is 4.72 Å². The molecule has 13 heavy (non-hydrogen) atoms. The van der Waals surface area contributed by atoms with Gasteiger partial charge in [-0.1, -0.05) is 0 Å². The highest BCUT2D eigenvalue weighted by molar-refractivity contribution is 7.90. The van der Waals surface area contributed by atoms with Crippen molar-refractivity contribution < 1.29 is 26.0 Å². The van der Waals surface area contributed by atoms with Gasteiger partial charge in [0.25, 0.3) is 10.0 Å². The number of alkyl halides is 4. The number of halogens is 4. The van der Waals surface area contributed by atoms with Crippen molar-refractivity contribution in [3.8, 4) is 0 Å². The minimum absolute atomic E-state index is 0.304. The first-order chi connectivity index (χ1) is 5.71. The number of nitrogens with one attached hydrogen (secondary N) is 1. The van der Waals surface area contributed by atoms with E-state index in [1.807, 2.05) is 0 Å². The zero-order chi connectivity index (χ0) is 10.3. The third-order valence-electron chi connectivity index (χ3n) is 1.72. The SMILES string of the molecule is O=S1(=O)NCCCC(F)(F)C1(F)F. The van der Waals surface area contributed by atoms with Gasteiger partial charge in [-0.15, -0.1) is 0 Å². The van der Waals surface area contributed by atoms with Gasteiger partial charge < -0.3 is 0 Å². The molecule has 1 rings (SSSR count). The van der Waals surface area contributed by atoms with Crippen LogP contribution in [0, 0.1) is 0 Å². The first-order valence-corrected chi connectivity index (χ1v) is 4.94. The topological polar surface area (TPSA) is 46.2 Å². The average molecular weight is 221 g/mol. The van der Waals surface area contributed by atoms with E-state index >= 15 is 0 Å². The molecule has 0 aromatic rings. The zero-order valence-electron chi connectivity index (χ0n) is 6.36. The molecular formula is C5H7F4NO2S. The number of sulfonamides is 1. The normalized spacial score (nSPS) is 30.8. The summed E-state index contributed by atoms with van der Waals surface area (Å²) in [5, 5.41) is -5.02. The summed E-state index contributed by atoms with van der Waals surface area (Å²) in [4.78, 5) is 0. The van der Waals surface area contributed by atoms with Crippen molar-refractivity contribution in [3.63, 3.8) is 0 Å². The second kappa shape index (κ2) is 2.81. The van der Waals surface area contributed by atoms with E-state index in [4.69, 9.17) is 0 Å². The molecule has 8 heteroatoms. The fourth-order valence-corrected chi connectivity index (χ4v) is 2.04. The van der Waals surface area contributed by atoms with Crippen LogP contribution in [0.2, 0.25) is 0 Å². The summed E-state index contributed by atoms with van der Waals surface area (Å²) in [5.74, 6) is -4.49. The Hall–Kier alpha value is -0.370. The van der Waals surface area contributed by atoms with Crippen molar-refractivity contribution in [2.45, 2.75) is 24.0 Å². The smallest absolute Gasteiger partial charge is 0.210 e. The van der Waals surface area contributed by atoms with Crippen LogP contribution in [0.1, 0.15) is 12.8 Å². The summed E-state index contributed by atoms with van der Waals surface area (Å²) in [5.41, 5.74) is 0. The van der Waals surface area contributed by atoms with Crippen LogP contribution in [0.25, 0.3) is 0 Å². The third-order valence-corrected chi connectivity index (χ3v) is 3.28. The monoisotopic (exact) mass is 221 g/mol. The molecule has 0 saturated carbocycles. The van der Waals surface area contributed by atoms with Gasteiger partial charge in [0.05, 0.1) is 0 Å². The predicted octanol–water partition coefficient (Wildman–Crippen LogP) is 0.928. The van der Waals surface area contributed by atoms with E-state index in [1.54, 1.807) is 0 Å². The van der Waals surface area contributed by atoms with Crippen molar-refractivity contribution >= 4 is 10.0 Å². The highest BCUT2D eigenvalue weighted by Crippen LogP contribution is 2.42. The molecule has 0 amide bonds. The van der Waals surface area contributed by atoms with Crippen molar-refractivity contribution in [1.82, 2.24) is 4.72 Å². The van der Waals surface area contributed by atoms with Crippen molar-refractivity contribution in [3.05, 3.63) is 0 Å². The minimum Gasteiger partial charge on any atom is -0.210 e. The molecule has 1 N–H and O–H groups in total. The number of hydrogen-bond acceptors (Lipinski definition) is 2. The lowest BCUT2D eigenvalue weighted by molar-refractivity contribution is -0.159. The van der Waals surface area contributed by atoms with Gasteiger partial charge in [-0.3, -0.25) is 0 Å². The summed E-state index contributed by atoms with van der Waals surface area (Å²) in [7, 11) is -5.24. The maximum atomic E-state index is 12.6. The number of rotatable bonds is 0. The molecule has 3 nitrogen and oxygen atoms in total. The Bertz CT molecular complexity index is 300. The first kappa shape index (κ1) is 10.7. The van der Waals surface area contributed by atoms with E-state index in [0.29, 0.717) is 0 Å². The van der Waals surface area contributed by atoms with Crippen molar-refractivity contribution in [2.24, 2.45) is 0 Å². The first-order valence-electron chi connectivity index (χ1n) is 3.45. The second-order valence-corrected chi connectivity index (χ2v) is 4.53. The van der Waals surface area contributed by atoms with Gasteiger partial charge in [0.1, 0.15) is 0 Å². The molecule has 0 bridgehead atoms. The molecule has 0 spiro atoms. The second-order valence-electron chi connectivity index (χ2n) is 2.72. The molecule has 0 atom stereocenters. The van der Waals surface area contributed by atoms with Gasteiger partial charge in [0, 0.05) is 13.0 Å². The van der Waals surface area contributed by atoms with Crippen LogP contribution >= 0.6 is 0 Å².